The van der Waals surface area contributed by atoms with Crippen LogP contribution in [0.1, 0.15) is 0 Å². The first-order chi connectivity index (χ1) is 15.6. The minimum Gasteiger partial charge on any atom is -0.266 e. The second-order valence-electron chi connectivity index (χ2n) is 10.8. The van der Waals surface area contributed by atoms with Crippen molar-refractivity contribution in [1.29, 1.82) is 0 Å². The summed E-state index contributed by atoms with van der Waals surface area (Å²) in [5.74, 6) is 0. The molecule has 2 aromatic carbocycles. The Labute approximate surface area is 200 Å². The Morgan fingerprint density at radius 2 is 1.00 bits per heavy atom. The number of hydrogen-bond donors (Lipinski definition) is 0. The fourth-order valence-electron chi connectivity index (χ4n) is 5.31. The molecule has 1 aliphatic heterocycles. The molecule has 0 amide bonds. The van der Waals surface area contributed by atoms with E-state index >= 15 is 0 Å². The molecule has 0 saturated carbocycles. The average molecular weight is 481 g/mol. The molecule has 5 rings (SSSR count). The normalized spacial score (nSPS) is 14.6. The quantitative estimate of drug-likeness (QED) is 0.420. The van der Waals surface area contributed by atoms with Crippen molar-refractivity contribution < 1.29 is 0 Å². The molecular formula is C28H32N2Si3. The maximum absolute atomic E-state index is 4.74. The van der Waals surface area contributed by atoms with Gasteiger partial charge in [-0.15, -0.1) is 0 Å². The zero-order chi connectivity index (χ0) is 23.4. The van der Waals surface area contributed by atoms with Crippen molar-refractivity contribution in [2.24, 2.45) is 0 Å². The molecule has 33 heavy (non-hydrogen) atoms. The molecule has 2 nitrogen and oxygen atoms in total. The lowest BCUT2D eigenvalue weighted by molar-refractivity contribution is 1.37. The van der Waals surface area contributed by atoms with Crippen LogP contribution in [0.3, 0.4) is 0 Å². The van der Waals surface area contributed by atoms with Gasteiger partial charge in [0, 0.05) is 23.0 Å². The first-order valence-electron chi connectivity index (χ1n) is 11.8. The van der Waals surface area contributed by atoms with E-state index in [4.69, 9.17) is 9.97 Å². The van der Waals surface area contributed by atoms with E-state index in [0.29, 0.717) is 0 Å². The van der Waals surface area contributed by atoms with Gasteiger partial charge in [-0.05, 0) is 45.8 Å². The molecule has 0 fully saturated rings. The van der Waals surface area contributed by atoms with E-state index in [1.807, 2.05) is 24.5 Å². The summed E-state index contributed by atoms with van der Waals surface area (Å²) in [6, 6.07) is 27.3. The van der Waals surface area contributed by atoms with Gasteiger partial charge >= 0.3 is 0 Å². The first-order valence-corrected chi connectivity index (χ1v) is 20.8. The van der Waals surface area contributed by atoms with Gasteiger partial charge in [-0.2, -0.15) is 0 Å². The summed E-state index contributed by atoms with van der Waals surface area (Å²) in [6.45, 7) is 14.7. The third-order valence-corrected chi connectivity index (χ3v) is 18.0. The fraction of sp³-hybridized carbons (Fsp3) is 0.214. The van der Waals surface area contributed by atoms with Crippen LogP contribution in [0.15, 0.2) is 85.2 Å². The highest BCUT2D eigenvalue weighted by Crippen LogP contribution is 2.28. The molecule has 0 radical (unpaired) electrons. The van der Waals surface area contributed by atoms with Crippen molar-refractivity contribution in [2.75, 3.05) is 0 Å². The van der Waals surface area contributed by atoms with Crippen LogP contribution in [0.25, 0.3) is 11.1 Å². The summed E-state index contributed by atoms with van der Waals surface area (Å²) >= 11 is 0. The van der Waals surface area contributed by atoms with Crippen LogP contribution in [-0.4, -0.2) is 34.2 Å². The van der Waals surface area contributed by atoms with Gasteiger partial charge in [-0.1, -0.05) is 98.2 Å². The van der Waals surface area contributed by atoms with E-state index in [1.165, 1.54) is 32.1 Å². The number of fused-ring (bicyclic) bond motifs is 3. The SMILES string of the molecule is C[Si](C)(c1ccc2c(c1)-c1cc([Si](C)(C)c3ccccn3)ccc1[Si]2(C)C)c1ccccn1. The Hall–Kier alpha value is -2.61. The van der Waals surface area contributed by atoms with E-state index in [9.17, 15) is 0 Å². The van der Waals surface area contributed by atoms with E-state index in [0.717, 1.165) is 0 Å². The van der Waals surface area contributed by atoms with E-state index in [1.54, 1.807) is 10.4 Å². The number of rotatable bonds is 4. The van der Waals surface area contributed by atoms with Crippen LogP contribution in [0.5, 0.6) is 0 Å². The molecule has 3 heterocycles. The van der Waals surface area contributed by atoms with Crippen LogP contribution >= 0.6 is 0 Å². The van der Waals surface area contributed by atoms with Crippen LogP contribution in [0, 0.1) is 0 Å². The fourth-order valence-corrected chi connectivity index (χ4v) is 12.8. The van der Waals surface area contributed by atoms with Crippen molar-refractivity contribution in [3.05, 3.63) is 85.2 Å². The van der Waals surface area contributed by atoms with Gasteiger partial charge in [0.15, 0.2) is 0 Å². The molecule has 0 unspecified atom stereocenters. The minimum atomic E-state index is -1.87. The number of aromatic nitrogens is 2. The maximum Gasteiger partial charge on any atom is 0.135 e. The monoisotopic (exact) mass is 480 g/mol. The first kappa shape index (κ1) is 22.2. The second-order valence-corrected chi connectivity index (χ2v) is 23.8. The zero-order valence-corrected chi connectivity index (χ0v) is 23.5. The highest BCUT2D eigenvalue weighted by molar-refractivity contribution is 7.05. The smallest absolute Gasteiger partial charge is 0.135 e. The predicted octanol–water partition coefficient (Wildman–Crippen LogP) is 2.92. The lowest BCUT2D eigenvalue weighted by Crippen LogP contribution is -2.55. The largest absolute Gasteiger partial charge is 0.266 e. The summed E-state index contributed by atoms with van der Waals surface area (Å²) in [5.41, 5.74) is 2.92. The number of hydrogen-bond acceptors (Lipinski definition) is 2. The van der Waals surface area contributed by atoms with E-state index in [-0.39, 0.29) is 0 Å². The lowest BCUT2D eigenvalue weighted by Gasteiger charge is -2.24. The van der Waals surface area contributed by atoms with E-state index < -0.39 is 24.2 Å². The molecular weight excluding hydrogens is 449 g/mol. The second kappa shape index (κ2) is 7.72. The van der Waals surface area contributed by atoms with Crippen LogP contribution in [0.4, 0.5) is 0 Å². The molecule has 0 aliphatic carbocycles. The standard InChI is InChI=1S/C28H32N2Si3/c1-31(2,27-11-7-9-17-29-27)21-13-15-25-23(19-21)24-20-22(14-16-26(24)33(25,5)6)32(3,4)28-12-8-10-18-30-28/h7-20H,1-6H3. The number of benzene rings is 2. The minimum absolute atomic E-state index is 1.25. The van der Waals surface area contributed by atoms with Crippen molar-refractivity contribution >= 4 is 55.6 Å². The van der Waals surface area contributed by atoms with Gasteiger partial charge in [-0.25, -0.2) is 0 Å². The number of pyridine rings is 2. The van der Waals surface area contributed by atoms with Gasteiger partial charge in [0.25, 0.3) is 0 Å². The van der Waals surface area contributed by atoms with E-state index in [2.05, 4.69) is 99.9 Å². The lowest BCUT2D eigenvalue weighted by atomic mass is 10.1. The van der Waals surface area contributed by atoms with Crippen molar-refractivity contribution in [2.45, 2.75) is 39.3 Å². The molecule has 1 aliphatic rings. The third kappa shape index (κ3) is 3.50. The highest BCUT2D eigenvalue weighted by Gasteiger charge is 2.40. The summed E-state index contributed by atoms with van der Waals surface area (Å²) in [6.07, 6.45) is 3.86. The van der Waals surface area contributed by atoms with Crippen LogP contribution in [0.2, 0.25) is 39.3 Å². The molecule has 0 atom stereocenters. The average Bonchev–Trinajstić information content (AvgIpc) is 3.06. The molecule has 166 valence electrons. The highest BCUT2D eigenvalue weighted by atomic mass is 28.3. The molecule has 0 N–H and O–H groups in total. The molecule has 0 bridgehead atoms. The van der Waals surface area contributed by atoms with Crippen molar-refractivity contribution in [1.82, 2.24) is 9.97 Å². The van der Waals surface area contributed by atoms with Gasteiger partial charge in [0.2, 0.25) is 0 Å². The maximum atomic E-state index is 4.74. The Morgan fingerprint density at radius 1 is 0.576 bits per heavy atom. The Balaban J connectivity index is 1.66. The Kier molecular flexibility index (Phi) is 5.19. The molecule has 4 aromatic rings. The predicted molar refractivity (Wildman–Crippen MR) is 151 cm³/mol. The van der Waals surface area contributed by atoms with Crippen molar-refractivity contribution in [3.8, 4) is 11.1 Å². The summed E-state index contributed by atoms with van der Waals surface area (Å²) < 4.78 is 0. The topological polar surface area (TPSA) is 25.8 Å². The molecule has 0 spiro atoms. The summed E-state index contributed by atoms with van der Waals surface area (Å²) in [7, 11) is -5.44. The van der Waals surface area contributed by atoms with Crippen molar-refractivity contribution in [3.63, 3.8) is 0 Å². The summed E-state index contributed by atoms with van der Waals surface area (Å²) in [4.78, 5) is 9.48. The zero-order valence-electron chi connectivity index (χ0n) is 20.5. The Morgan fingerprint density at radius 3 is 1.36 bits per heavy atom. The molecule has 0 saturated heterocycles. The Bertz CT molecular complexity index is 1230. The number of nitrogens with zero attached hydrogens (tertiary/aromatic N) is 2. The van der Waals surface area contributed by atoms with Gasteiger partial charge in [0.05, 0.1) is 0 Å². The summed E-state index contributed by atoms with van der Waals surface area (Å²) in [5, 5.41) is 8.56. The molecule has 5 heteroatoms. The van der Waals surface area contributed by atoms with Crippen LogP contribution in [-0.2, 0) is 0 Å². The van der Waals surface area contributed by atoms with Gasteiger partial charge < -0.3 is 0 Å². The third-order valence-electron chi connectivity index (χ3n) is 7.73. The van der Waals surface area contributed by atoms with Gasteiger partial charge in [-0.3, -0.25) is 9.97 Å². The van der Waals surface area contributed by atoms with Crippen LogP contribution < -0.4 is 31.4 Å². The van der Waals surface area contributed by atoms with Gasteiger partial charge in [0.1, 0.15) is 24.2 Å². The molecule has 2 aromatic heterocycles.